The van der Waals surface area contributed by atoms with Crippen LogP contribution < -0.4 is 5.32 Å². The SMILES string of the molecule is CCCc1cnc(NC(=O)N2CCN(C(CC)CO)CC2)s1. The maximum absolute atomic E-state index is 12.3. The number of aromatic nitrogens is 1. The zero-order valence-corrected chi connectivity index (χ0v) is 14.2. The summed E-state index contributed by atoms with van der Waals surface area (Å²) >= 11 is 1.55. The molecule has 7 heteroatoms. The molecule has 1 aromatic heterocycles. The molecule has 1 atom stereocenters. The zero-order chi connectivity index (χ0) is 15.9. The van der Waals surface area contributed by atoms with Gasteiger partial charge in [0.15, 0.2) is 5.13 Å². The Bertz CT molecular complexity index is 468. The second-order valence-corrected chi connectivity index (χ2v) is 6.69. The third kappa shape index (κ3) is 4.41. The van der Waals surface area contributed by atoms with Crippen LogP contribution in [0, 0.1) is 0 Å². The molecule has 6 nitrogen and oxygen atoms in total. The maximum atomic E-state index is 12.3. The number of rotatable bonds is 6. The van der Waals surface area contributed by atoms with Gasteiger partial charge < -0.3 is 10.0 Å². The monoisotopic (exact) mass is 326 g/mol. The number of aryl methyl sites for hydroxylation is 1. The van der Waals surface area contributed by atoms with Gasteiger partial charge in [-0.15, -0.1) is 11.3 Å². The molecule has 1 fully saturated rings. The minimum absolute atomic E-state index is 0.0749. The number of anilines is 1. The first-order chi connectivity index (χ1) is 10.7. The van der Waals surface area contributed by atoms with Gasteiger partial charge in [-0.25, -0.2) is 9.78 Å². The highest BCUT2D eigenvalue weighted by molar-refractivity contribution is 7.15. The first-order valence-electron chi connectivity index (χ1n) is 8.03. The predicted molar refractivity (Wildman–Crippen MR) is 89.4 cm³/mol. The number of hydrogen-bond acceptors (Lipinski definition) is 5. The van der Waals surface area contributed by atoms with Gasteiger partial charge in [-0.1, -0.05) is 20.3 Å². The van der Waals surface area contributed by atoms with Crippen LogP contribution in [-0.4, -0.2) is 64.7 Å². The van der Waals surface area contributed by atoms with E-state index in [0.717, 1.165) is 32.4 Å². The maximum Gasteiger partial charge on any atom is 0.323 e. The number of thiazole rings is 1. The van der Waals surface area contributed by atoms with Gasteiger partial charge in [0.2, 0.25) is 0 Å². The highest BCUT2D eigenvalue weighted by atomic mass is 32.1. The standard InChI is InChI=1S/C15H26N4O2S/c1-3-5-13-10-16-14(22-13)17-15(21)19-8-6-18(7-9-19)12(4-2)11-20/h10,12,20H,3-9,11H2,1-2H3,(H,16,17,21). The molecule has 124 valence electrons. The van der Waals surface area contributed by atoms with Crippen LogP contribution in [0.1, 0.15) is 31.6 Å². The van der Waals surface area contributed by atoms with Crippen LogP contribution in [0.3, 0.4) is 0 Å². The summed E-state index contributed by atoms with van der Waals surface area (Å²) in [5, 5.41) is 12.9. The van der Waals surface area contributed by atoms with Gasteiger partial charge in [-0.05, 0) is 12.8 Å². The number of nitrogens with zero attached hydrogens (tertiary/aromatic N) is 3. The molecule has 0 aromatic carbocycles. The normalized spacial score (nSPS) is 17.5. The number of carbonyl (C=O) groups is 1. The van der Waals surface area contributed by atoms with E-state index < -0.39 is 0 Å². The van der Waals surface area contributed by atoms with Crippen LogP contribution in [0.2, 0.25) is 0 Å². The van der Waals surface area contributed by atoms with E-state index >= 15 is 0 Å². The van der Waals surface area contributed by atoms with Crippen LogP contribution >= 0.6 is 11.3 Å². The molecule has 0 bridgehead atoms. The molecule has 2 rings (SSSR count). The van der Waals surface area contributed by atoms with Gasteiger partial charge in [0, 0.05) is 43.3 Å². The van der Waals surface area contributed by atoms with Crippen molar-refractivity contribution < 1.29 is 9.90 Å². The van der Waals surface area contributed by atoms with E-state index in [1.54, 1.807) is 11.3 Å². The highest BCUT2D eigenvalue weighted by Gasteiger charge is 2.25. The number of urea groups is 1. The first kappa shape index (κ1) is 17.2. The lowest BCUT2D eigenvalue weighted by Crippen LogP contribution is -2.53. The molecular formula is C15H26N4O2S. The van der Waals surface area contributed by atoms with Crippen molar-refractivity contribution in [1.82, 2.24) is 14.8 Å². The minimum atomic E-state index is -0.0749. The quantitative estimate of drug-likeness (QED) is 0.839. The van der Waals surface area contributed by atoms with Gasteiger partial charge in [-0.3, -0.25) is 10.2 Å². The van der Waals surface area contributed by atoms with Gasteiger partial charge in [0.05, 0.1) is 6.61 Å². The molecule has 22 heavy (non-hydrogen) atoms. The summed E-state index contributed by atoms with van der Waals surface area (Å²) in [6, 6.07) is 0.134. The molecule has 0 radical (unpaired) electrons. The average Bonchev–Trinajstić information content (AvgIpc) is 2.97. The first-order valence-corrected chi connectivity index (χ1v) is 8.85. The number of aliphatic hydroxyl groups is 1. The molecule has 0 saturated carbocycles. The highest BCUT2D eigenvalue weighted by Crippen LogP contribution is 2.20. The zero-order valence-electron chi connectivity index (χ0n) is 13.4. The lowest BCUT2D eigenvalue weighted by molar-refractivity contribution is 0.0766. The summed E-state index contributed by atoms with van der Waals surface area (Å²) in [4.78, 5) is 21.8. The van der Waals surface area contributed by atoms with Crippen LogP contribution in [-0.2, 0) is 6.42 Å². The Balaban J connectivity index is 1.81. The Morgan fingerprint density at radius 1 is 1.41 bits per heavy atom. The third-order valence-corrected chi connectivity index (χ3v) is 5.04. The molecule has 0 aliphatic carbocycles. The third-order valence-electron chi connectivity index (χ3n) is 4.06. The summed E-state index contributed by atoms with van der Waals surface area (Å²) < 4.78 is 0. The fourth-order valence-electron chi connectivity index (χ4n) is 2.69. The number of hydrogen-bond donors (Lipinski definition) is 2. The van der Waals surface area contributed by atoms with Crippen LogP contribution in [0.15, 0.2) is 6.20 Å². The smallest absolute Gasteiger partial charge is 0.323 e. The number of piperazine rings is 1. The Morgan fingerprint density at radius 3 is 2.73 bits per heavy atom. The van der Waals surface area contributed by atoms with E-state index in [0.29, 0.717) is 18.2 Å². The van der Waals surface area contributed by atoms with E-state index in [1.165, 1.54) is 4.88 Å². The molecule has 1 unspecified atom stereocenters. The predicted octanol–water partition coefficient (Wildman–Crippen LogP) is 2.02. The van der Waals surface area contributed by atoms with Crippen molar-refractivity contribution in [2.75, 3.05) is 38.1 Å². The van der Waals surface area contributed by atoms with Crippen LogP contribution in [0.25, 0.3) is 0 Å². The summed E-state index contributed by atoms with van der Waals surface area (Å²) in [5.41, 5.74) is 0. The molecule has 2 heterocycles. The molecule has 1 aliphatic rings. The van der Waals surface area contributed by atoms with Crippen molar-refractivity contribution in [2.24, 2.45) is 0 Å². The minimum Gasteiger partial charge on any atom is -0.395 e. The Kier molecular flexibility index (Phi) is 6.60. The number of nitrogens with one attached hydrogen (secondary N) is 1. The largest absolute Gasteiger partial charge is 0.395 e. The number of amides is 2. The van der Waals surface area contributed by atoms with E-state index in [-0.39, 0.29) is 18.7 Å². The average molecular weight is 326 g/mol. The fraction of sp³-hybridized carbons (Fsp3) is 0.733. The van der Waals surface area contributed by atoms with E-state index in [9.17, 15) is 9.90 Å². The van der Waals surface area contributed by atoms with Crippen molar-refractivity contribution in [3.8, 4) is 0 Å². The van der Waals surface area contributed by atoms with Crippen LogP contribution in [0.5, 0.6) is 0 Å². The second-order valence-electron chi connectivity index (χ2n) is 5.58. The van der Waals surface area contributed by atoms with Crippen molar-refractivity contribution in [1.29, 1.82) is 0 Å². The van der Waals surface area contributed by atoms with Gasteiger partial charge in [0.1, 0.15) is 0 Å². The summed E-state index contributed by atoms with van der Waals surface area (Å²) in [6.45, 7) is 7.40. The van der Waals surface area contributed by atoms with Crippen LogP contribution in [0.4, 0.5) is 9.93 Å². The van der Waals surface area contributed by atoms with Gasteiger partial charge in [0.25, 0.3) is 0 Å². The Hall–Kier alpha value is -1.18. The van der Waals surface area contributed by atoms with Crippen molar-refractivity contribution in [3.63, 3.8) is 0 Å². The van der Waals surface area contributed by atoms with E-state index in [4.69, 9.17) is 0 Å². The summed E-state index contributed by atoms with van der Waals surface area (Å²) in [6.07, 6.45) is 4.86. The number of aliphatic hydroxyl groups excluding tert-OH is 1. The summed E-state index contributed by atoms with van der Waals surface area (Å²) in [5.74, 6) is 0. The van der Waals surface area contributed by atoms with E-state index in [2.05, 4.69) is 29.0 Å². The van der Waals surface area contributed by atoms with E-state index in [1.807, 2.05) is 11.1 Å². The summed E-state index contributed by atoms with van der Waals surface area (Å²) in [7, 11) is 0. The van der Waals surface area contributed by atoms with Crippen molar-refractivity contribution in [3.05, 3.63) is 11.1 Å². The molecule has 1 aliphatic heterocycles. The van der Waals surface area contributed by atoms with Crippen molar-refractivity contribution in [2.45, 2.75) is 39.2 Å². The molecular weight excluding hydrogens is 300 g/mol. The number of carbonyl (C=O) groups excluding carboxylic acids is 1. The Labute approximate surface area is 136 Å². The molecule has 0 spiro atoms. The lowest BCUT2D eigenvalue weighted by Gasteiger charge is -2.38. The topological polar surface area (TPSA) is 68.7 Å². The molecule has 2 amide bonds. The molecule has 1 aromatic rings. The fourth-order valence-corrected chi connectivity index (χ4v) is 3.59. The Morgan fingerprint density at radius 2 is 2.14 bits per heavy atom. The van der Waals surface area contributed by atoms with Gasteiger partial charge >= 0.3 is 6.03 Å². The van der Waals surface area contributed by atoms with Crippen molar-refractivity contribution >= 4 is 22.5 Å². The lowest BCUT2D eigenvalue weighted by atomic mass is 10.2. The second kappa shape index (κ2) is 8.45. The molecule has 1 saturated heterocycles. The van der Waals surface area contributed by atoms with Gasteiger partial charge in [-0.2, -0.15) is 0 Å². The molecule has 2 N–H and O–H groups in total.